The van der Waals surface area contributed by atoms with Crippen molar-refractivity contribution < 1.29 is 13.9 Å². The Morgan fingerprint density at radius 1 is 1.71 bits per heavy atom. The number of thiol groups is 1. The zero-order valence-corrected chi connectivity index (χ0v) is 4.62. The van der Waals surface area contributed by atoms with Crippen molar-refractivity contribution in [2.75, 3.05) is 0 Å². The number of alkyl halides is 2. The monoisotopic (exact) mass is 128 g/mol. The van der Waals surface area contributed by atoms with E-state index in [9.17, 15) is 8.78 Å². The molecule has 0 aromatic heterocycles. The second kappa shape index (κ2) is 1.96. The first-order valence-corrected chi connectivity index (χ1v) is 2.17. The fourth-order valence-electron chi connectivity index (χ4n) is 0. The number of aliphatic hydroxyl groups is 1. The van der Waals surface area contributed by atoms with Crippen molar-refractivity contribution in [2.24, 2.45) is 0 Å². The van der Waals surface area contributed by atoms with Gasteiger partial charge in [0.05, 0.1) is 0 Å². The largest absolute Gasteiger partial charge is 0.386 e. The van der Waals surface area contributed by atoms with Crippen LogP contribution in [0, 0.1) is 0 Å². The Labute approximate surface area is 45.7 Å². The van der Waals surface area contributed by atoms with Crippen LogP contribution in [-0.4, -0.2) is 16.5 Å². The molecule has 0 spiro atoms. The molecule has 1 nitrogen and oxygen atoms in total. The first kappa shape index (κ1) is 7.17. The van der Waals surface area contributed by atoms with E-state index >= 15 is 0 Å². The minimum absolute atomic E-state index is 0.979. The normalized spacial score (nSPS) is 16.7. The molecule has 1 atom stereocenters. The van der Waals surface area contributed by atoms with Gasteiger partial charge in [0.25, 0.3) is 0 Å². The Morgan fingerprint density at radius 3 is 1.86 bits per heavy atom. The molecule has 4 heteroatoms. The highest BCUT2D eigenvalue weighted by Gasteiger charge is 2.29. The van der Waals surface area contributed by atoms with Crippen molar-refractivity contribution in [3.63, 3.8) is 0 Å². The third-order valence-electron chi connectivity index (χ3n) is 0.503. The molecular weight excluding hydrogens is 122 g/mol. The van der Waals surface area contributed by atoms with Gasteiger partial charge in [0, 0.05) is 0 Å². The predicted molar refractivity (Wildman–Crippen MR) is 25.6 cm³/mol. The van der Waals surface area contributed by atoms with Gasteiger partial charge in [-0.2, -0.15) is 8.78 Å². The summed E-state index contributed by atoms with van der Waals surface area (Å²) in [6, 6.07) is 0. The molecule has 7 heavy (non-hydrogen) atoms. The highest BCUT2D eigenvalue weighted by Crippen LogP contribution is 2.21. The lowest BCUT2D eigenvalue weighted by molar-refractivity contribution is -0.0211. The maximum absolute atomic E-state index is 11.5. The van der Waals surface area contributed by atoms with Gasteiger partial charge in [0.1, 0.15) is 6.10 Å². The molecule has 0 aliphatic carbocycles. The molecule has 0 aliphatic rings. The predicted octanol–water partition coefficient (Wildman–Crippen LogP) is 0.890. The minimum atomic E-state index is -3.25. The van der Waals surface area contributed by atoms with Crippen LogP contribution in [0.5, 0.6) is 0 Å². The van der Waals surface area contributed by atoms with Gasteiger partial charge in [0.15, 0.2) is 0 Å². The molecule has 0 aromatic rings. The molecule has 0 radical (unpaired) electrons. The number of hydrogen-bond donors (Lipinski definition) is 2. The summed E-state index contributed by atoms with van der Waals surface area (Å²) in [4.78, 5) is 0. The quantitative estimate of drug-likeness (QED) is 0.502. The summed E-state index contributed by atoms with van der Waals surface area (Å²) in [5, 5.41) is 4.81. The van der Waals surface area contributed by atoms with Crippen LogP contribution >= 0.6 is 12.6 Å². The summed E-state index contributed by atoms with van der Waals surface area (Å²) < 4.78 is 22.9. The van der Waals surface area contributed by atoms with E-state index in [1.54, 1.807) is 0 Å². The summed E-state index contributed by atoms with van der Waals surface area (Å²) in [7, 11) is 0. The van der Waals surface area contributed by atoms with Crippen LogP contribution in [0.25, 0.3) is 0 Å². The standard InChI is InChI=1S/C3H6F2OS/c1-2(6)3(4,5)7/h2,6-7H,1H3. The van der Waals surface area contributed by atoms with Crippen molar-refractivity contribution in [1.82, 2.24) is 0 Å². The number of aliphatic hydroxyl groups excluding tert-OH is 1. The molecule has 1 N–H and O–H groups in total. The Hall–Kier alpha value is 0.170. The van der Waals surface area contributed by atoms with Crippen LogP contribution in [0.2, 0.25) is 0 Å². The van der Waals surface area contributed by atoms with Crippen LogP contribution < -0.4 is 0 Å². The van der Waals surface area contributed by atoms with Crippen molar-refractivity contribution in [3.05, 3.63) is 0 Å². The fourth-order valence-corrected chi connectivity index (χ4v) is 0. The summed E-state index contributed by atoms with van der Waals surface area (Å²) in [6.45, 7) is 0.979. The van der Waals surface area contributed by atoms with Gasteiger partial charge >= 0.3 is 5.25 Å². The molecular formula is C3H6F2OS. The maximum Gasteiger partial charge on any atom is 0.316 e. The highest BCUT2D eigenvalue weighted by atomic mass is 32.1. The molecule has 0 bridgehead atoms. The fraction of sp³-hybridized carbons (Fsp3) is 1.00. The van der Waals surface area contributed by atoms with E-state index in [-0.39, 0.29) is 0 Å². The van der Waals surface area contributed by atoms with E-state index in [2.05, 4.69) is 12.6 Å². The van der Waals surface area contributed by atoms with Crippen molar-refractivity contribution >= 4 is 12.6 Å². The lowest BCUT2D eigenvalue weighted by Gasteiger charge is -2.10. The number of hydrogen-bond acceptors (Lipinski definition) is 2. The van der Waals surface area contributed by atoms with Gasteiger partial charge in [-0.3, -0.25) is 0 Å². The second-order valence-electron chi connectivity index (χ2n) is 1.26. The first-order chi connectivity index (χ1) is 2.94. The van der Waals surface area contributed by atoms with Crippen LogP contribution in [0.4, 0.5) is 8.78 Å². The van der Waals surface area contributed by atoms with Gasteiger partial charge in [-0.15, -0.1) is 12.6 Å². The van der Waals surface area contributed by atoms with Crippen molar-refractivity contribution in [2.45, 2.75) is 18.3 Å². The molecule has 0 saturated carbocycles. The van der Waals surface area contributed by atoms with E-state index in [0.29, 0.717) is 0 Å². The summed E-state index contributed by atoms with van der Waals surface area (Å²) in [5.41, 5.74) is 0. The van der Waals surface area contributed by atoms with E-state index in [1.165, 1.54) is 0 Å². The summed E-state index contributed by atoms with van der Waals surface area (Å²) >= 11 is 2.77. The molecule has 0 amide bonds. The molecule has 0 aromatic carbocycles. The summed E-state index contributed by atoms with van der Waals surface area (Å²) in [5.74, 6) is 0. The Morgan fingerprint density at radius 2 is 1.86 bits per heavy atom. The van der Waals surface area contributed by atoms with Gasteiger partial charge in [-0.05, 0) is 6.92 Å². The molecule has 0 heterocycles. The van der Waals surface area contributed by atoms with Gasteiger partial charge < -0.3 is 5.11 Å². The lowest BCUT2D eigenvalue weighted by Crippen LogP contribution is -2.23. The smallest absolute Gasteiger partial charge is 0.316 e. The minimum Gasteiger partial charge on any atom is -0.386 e. The molecule has 0 fully saturated rings. The lowest BCUT2D eigenvalue weighted by atomic mass is 10.4. The first-order valence-electron chi connectivity index (χ1n) is 1.73. The van der Waals surface area contributed by atoms with Crippen LogP contribution in [0.3, 0.4) is 0 Å². The topological polar surface area (TPSA) is 20.2 Å². The highest BCUT2D eigenvalue weighted by molar-refractivity contribution is 7.81. The third kappa shape index (κ3) is 2.82. The van der Waals surface area contributed by atoms with Crippen molar-refractivity contribution in [3.8, 4) is 0 Å². The maximum atomic E-state index is 11.5. The van der Waals surface area contributed by atoms with E-state index < -0.39 is 11.4 Å². The van der Waals surface area contributed by atoms with Crippen LogP contribution in [-0.2, 0) is 0 Å². The Kier molecular flexibility index (Phi) is 2.01. The van der Waals surface area contributed by atoms with E-state index in [1.807, 2.05) is 0 Å². The van der Waals surface area contributed by atoms with Crippen molar-refractivity contribution in [1.29, 1.82) is 0 Å². The molecule has 1 unspecified atom stereocenters. The zero-order valence-electron chi connectivity index (χ0n) is 3.73. The van der Waals surface area contributed by atoms with Gasteiger partial charge in [-0.1, -0.05) is 0 Å². The van der Waals surface area contributed by atoms with Crippen LogP contribution in [0.15, 0.2) is 0 Å². The van der Waals surface area contributed by atoms with Crippen LogP contribution in [0.1, 0.15) is 6.92 Å². The average molecular weight is 128 g/mol. The molecule has 44 valence electrons. The van der Waals surface area contributed by atoms with Gasteiger partial charge in [0.2, 0.25) is 0 Å². The zero-order chi connectivity index (χ0) is 6.08. The van der Waals surface area contributed by atoms with Gasteiger partial charge in [-0.25, -0.2) is 0 Å². The van der Waals surface area contributed by atoms with E-state index in [0.717, 1.165) is 6.92 Å². The molecule has 0 saturated heterocycles. The average Bonchev–Trinajstić information content (AvgIpc) is 1.31. The second-order valence-corrected chi connectivity index (χ2v) is 1.86. The van der Waals surface area contributed by atoms with E-state index in [4.69, 9.17) is 5.11 Å². The number of halogens is 2. The summed E-state index contributed by atoms with van der Waals surface area (Å²) in [6.07, 6.45) is -1.67. The molecule has 0 aliphatic heterocycles. The third-order valence-corrected chi connectivity index (χ3v) is 0.876. The molecule has 0 rings (SSSR count). The number of rotatable bonds is 1. The SMILES string of the molecule is CC(O)C(F)(F)S. The Balaban J connectivity index is 3.54. The Bertz CT molecular complexity index is 58.4.